The summed E-state index contributed by atoms with van der Waals surface area (Å²) in [5.41, 5.74) is 5.63. The minimum Gasteiger partial charge on any atom is -0.490 e. The van der Waals surface area contributed by atoms with Crippen LogP contribution in [0.1, 0.15) is 40.4 Å². The van der Waals surface area contributed by atoms with Crippen molar-refractivity contribution in [2.24, 2.45) is 0 Å². The molecule has 0 amide bonds. The topological polar surface area (TPSA) is 59.4 Å². The summed E-state index contributed by atoms with van der Waals surface area (Å²) in [5.74, 6) is 1.58. The molecule has 4 nitrogen and oxygen atoms in total. The zero-order valence-electron chi connectivity index (χ0n) is 19.9. The third-order valence-electron chi connectivity index (χ3n) is 5.75. The Kier molecular flexibility index (Phi) is 8.08. The molecule has 0 saturated heterocycles. The van der Waals surface area contributed by atoms with Crippen LogP contribution in [0.2, 0.25) is 0 Å². The number of carbonyl (C=O) groups excluding carboxylic acids is 1. The molecule has 0 aromatic heterocycles. The Hall–Kier alpha value is -4.18. The molecule has 4 aromatic rings. The zero-order valence-corrected chi connectivity index (χ0v) is 19.9. The number of nitrogens with one attached hydrogen (secondary N) is 1. The minimum absolute atomic E-state index is 0.00181. The predicted molar refractivity (Wildman–Crippen MR) is 141 cm³/mol. The van der Waals surface area contributed by atoms with E-state index in [4.69, 9.17) is 14.9 Å². The fourth-order valence-electron chi connectivity index (χ4n) is 3.91. The molecule has 1 N–H and O–H groups in total. The lowest BCUT2D eigenvalue weighted by Gasteiger charge is -2.14. The number of benzene rings is 4. The molecule has 0 aliphatic carbocycles. The van der Waals surface area contributed by atoms with Gasteiger partial charge in [0.2, 0.25) is 0 Å². The number of rotatable bonds is 11. The molecule has 0 aliphatic heterocycles. The van der Waals surface area contributed by atoms with Crippen molar-refractivity contribution >= 4 is 12.0 Å². The number of hydrogen-bond acceptors (Lipinski definition) is 4. The first-order valence-corrected chi connectivity index (χ1v) is 11.9. The Balaban J connectivity index is 1.33. The van der Waals surface area contributed by atoms with Crippen molar-refractivity contribution in [2.75, 3.05) is 13.2 Å². The number of hydrogen-bond donors (Lipinski definition) is 1. The molecule has 0 atom stereocenters. The first-order valence-electron chi connectivity index (χ1n) is 11.9. The fourth-order valence-corrected chi connectivity index (χ4v) is 3.91. The smallest absolute Gasteiger partial charge is 0.193 e. The summed E-state index contributed by atoms with van der Waals surface area (Å²) >= 11 is 0. The molecule has 4 heteroatoms. The highest BCUT2D eigenvalue weighted by molar-refractivity contribution is 6.08. The third kappa shape index (κ3) is 6.24. The Bertz CT molecular complexity index is 1260. The van der Waals surface area contributed by atoms with Gasteiger partial charge in [0.15, 0.2) is 5.78 Å². The van der Waals surface area contributed by atoms with Crippen LogP contribution in [-0.4, -0.2) is 25.2 Å². The Morgan fingerprint density at radius 1 is 0.771 bits per heavy atom. The van der Waals surface area contributed by atoms with Crippen LogP contribution in [0, 0.1) is 5.41 Å². The molecule has 4 rings (SSSR count). The van der Waals surface area contributed by atoms with E-state index in [0.717, 1.165) is 35.3 Å². The molecule has 35 heavy (non-hydrogen) atoms. The zero-order chi connectivity index (χ0) is 24.5. The van der Waals surface area contributed by atoms with Gasteiger partial charge in [0, 0.05) is 17.3 Å². The number of ether oxygens (including phenoxy) is 2. The van der Waals surface area contributed by atoms with E-state index in [1.165, 1.54) is 11.8 Å². The van der Waals surface area contributed by atoms with Crippen molar-refractivity contribution in [1.29, 1.82) is 5.41 Å². The van der Waals surface area contributed by atoms with Gasteiger partial charge < -0.3 is 14.9 Å². The van der Waals surface area contributed by atoms with Crippen LogP contribution >= 0.6 is 0 Å². The monoisotopic (exact) mass is 463 g/mol. The van der Waals surface area contributed by atoms with Gasteiger partial charge in [0.25, 0.3) is 0 Å². The second-order valence-electron chi connectivity index (χ2n) is 8.26. The van der Waals surface area contributed by atoms with Gasteiger partial charge in [0.05, 0.1) is 0 Å². The van der Waals surface area contributed by atoms with Crippen LogP contribution in [0.4, 0.5) is 0 Å². The van der Waals surface area contributed by atoms with E-state index < -0.39 is 0 Å². The standard InChI is InChI=1S/C31H29NO3/c1-2-6-28-21-27(24-11-9-23(22-32)10-12-24)15-18-30(28)35-20-19-34-29-16-13-26(14-17-29)31(33)25-7-4-3-5-8-25/h3-5,7-18,21-22,32H,2,6,19-20H2,1H3. The average molecular weight is 464 g/mol. The molecule has 0 aliphatic rings. The Labute approximate surface area is 206 Å². The molecule has 0 bridgehead atoms. The Morgan fingerprint density at radius 3 is 2.11 bits per heavy atom. The largest absolute Gasteiger partial charge is 0.490 e. The van der Waals surface area contributed by atoms with Crippen LogP contribution in [0.25, 0.3) is 11.1 Å². The van der Waals surface area contributed by atoms with Gasteiger partial charge in [-0.3, -0.25) is 4.79 Å². The van der Waals surface area contributed by atoms with Crippen molar-refractivity contribution < 1.29 is 14.3 Å². The summed E-state index contributed by atoms with van der Waals surface area (Å²) in [7, 11) is 0. The van der Waals surface area contributed by atoms with Gasteiger partial charge in [-0.1, -0.05) is 74.0 Å². The van der Waals surface area contributed by atoms with Gasteiger partial charge in [-0.25, -0.2) is 0 Å². The van der Waals surface area contributed by atoms with Crippen LogP contribution in [0.5, 0.6) is 11.5 Å². The highest BCUT2D eigenvalue weighted by Crippen LogP contribution is 2.28. The third-order valence-corrected chi connectivity index (χ3v) is 5.75. The van der Waals surface area contributed by atoms with Crippen molar-refractivity contribution in [3.05, 3.63) is 119 Å². The summed E-state index contributed by atoms with van der Waals surface area (Å²) in [6.45, 7) is 2.99. The lowest BCUT2D eigenvalue weighted by molar-refractivity contribution is 0.103. The summed E-state index contributed by atoms with van der Waals surface area (Å²) in [5, 5.41) is 7.36. The second-order valence-corrected chi connectivity index (χ2v) is 8.26. The van der Waals surface area contributed by atoms with E-state index in [-0.39, 0.29) is 5.78 Å². The molecule has 0 fully saturated rings. The van der Waals surface area contributed by atoms with Crippen LogP contribution in [-0.2, 0) is 6.42 Å². The average Bonchev–Trinajstić information content (AvgIpc) is 2.92. The normalized spacial score (nSPS) is 10.5. The maximum Gasteiger partial charge on any atom is 0.193 e. The summed E-state index contributed by atoms with van der Waals surface area (Å²) < 4.78 is 11.9. The molecule has 176 valence electrons. The molecule has 0 unspecified atom stereocenters. The maximum atomic E-state index is 12.5. The van der Waals surface area contributed by atoms with E-state index in [1.807, 2.05) is 72.8 Å². The van der Waals surface area contributed by atoms with Gasteiger partial charge in [-0.2, -0.15) is 0 Å². The quantitative estimate of drug-likeness (QED) is 0.148. The maximum absolute atomic E-state index is 12.5. The van der Waals surface area contributed by atoms with Crippen molar-refractivity contribution in [3.8, 4) is 22.6 Å². The molecule has 0 radical (unpaired) electrons. The van der Waals surface area contributed by atoms with E-state index in [9.17, 15) is 4.79 Å². The summed E-state index contributed by atoms with van der Waals surface area (Å²) in [6.07, 6.45) is 3.31. The second kappa shape index (κ2) is 11.8. The Morgan fingerprint density at radius 2 is 1.43 bits per heavy atom. The molecule has 0 spiro atoms. The first-order chi connectivity index (χ1) is 17.2. The number of ketones is 1. The number of aryl methyl sites for hydroxylation is 1. The lowest BCUT2D eigenvalue weighted by atomic mass is 9.99. The molecule has 0 heterocycles. The van der Waals surface area contributed by atoms with Gasteiger partial charge >= 0.3 is 0 Å². The van der Waals surface area contributed by atoms with Crippen LogP contribution in [0.3, 0.4) is 0 Å². The highest BCUT2D eigenvalue weighted by Gasteiger charge is 2.09. The lowest BCUT2D eigenvalue weighted by Crippen LogP contribution is -2.10. The molecular formula is C31H29NO3. The number of carbonyl (C=O) groups is 1. The van der Waals surface area contributed by atoms with Gasteiger partial charge in [-0.05, 0) is 65.1 Å². The highest BCUT2D eigenvalue weighted by atomic mass is 16.5. The molecule has 4 aromatic carbocycles. The van der Waals surface area contributed by atoms with Crippen molar-refractivity contribution in [3.63, 3.8) is 0 Å². The van der Waals surface area contributed by atoms with Crippen LogP contribution < -0.4 is 9.47 Å². The van der Waals surface area contributed by atoms with Gasteiger partial charge in [-0.15, -0.1) is 0 Å². The minimum atomic E-state index is -0.00181. The van der Waals surface area contributed by atoms with Crippen molar-refractivity contribution in [2.45, 2.75) is 19.8 Å². The van der Waals surface area contributed by atoms with Crippen LogP contribution in [0.15, 0.2) is 97.1 Å². The fraction of sp³-hybridized carbons (Fsp3) is 0.161. The van der Waals surface area contributed by atoms with E-state index in [1.54, 1.807) is 12.1 Å². The van der Waals surface area contributed by atoms with E-state index >= 15 is 0 Å². The molecular weight excluding hydrogens is 434 g/mol. The van der Waals surface area contributed by atoms with Gasteiger partial charge in [0.1, 0.15) is 24.7 Å². The molecule has 0 saturated carbocycles. The first kappa shape index (κ1) is 24.0. The van der Waals surface area contributed by atoms with E-state index in [0.29, 0.717) is 30.1 Å². The summed E-state index contributed by atoms with van der Waals surface area (Å²) in [6, 6.07) is 30.7. The van der Waals surface area contributed by atoms with E-state index in [2.05, 4.69) is 19.1 Å². The predicted octanol–water partition coefficient (Wildman–Crippen LogP) is 6.99. The van der Waals surface area contributed by atoms with Crippen molar-refractivity contribution in [1.82, 2.24) is 0 Å². The SMILES string of the molecule is CCCc1cc(-c2ccc(C=N)cc2)ccc1OCCOc1ccc(C(=O)c2ccccc2)cc1. The summed E-state index contributed by atoms with van der Waals surface area (Å²) in [4.78, 5) is 12.5.